The predicted octanol–water partition coefficient (Wildman–Crippen LogP) is 1.81. The standard InChI is InChI=1S/C9H19NOS/c1-4-8(3)6-10(5-2)9(11)7-12/h8,12H,4-7H2,1-3H3. The zero-order chi connectivity index (χ0) is 9.56. The minimum atomic E-state index is 0.140. The van der Waals surface area contributed by atoms with Crippen LogP contribution < -0.4 is 0 Å². The van der Waals surface area contributed by atoms with Gasteiger partial charge in [0, 0.05) is 13.1 Å². The molecule has 0 aliphatic heterocycles. The molecule has 3 heteroatoms. The summed E-state index contributed by atoms with van der Waals surface area (Å²) in [4.78, 5) is 13.1. The lowest BCUT2D eigenvalue weighted by molar-refractivity contribution is -0.128. The zero-order valence-corrected chi connectivity index (χ0v) is 9.10. The molecule has 2 nitrogen and oxygen atoms in total. The van der Waals surface area contributed by atoms with E-state index in [0.29, 0.717) is 11.7 Å². The predicted molar refractivity (Wildman–Crippen MR) is 55.6 cm³/mol. The van der Waals surface area contributed by atoms with Crippen molar-refractivity contribution in [1.29, 1.82) is 0 Å². The Morgan fingerprint density at radius 3 is 2.42 bits per heavy atom. The van der Waals surface area contributed by atoms with Gasteiger partial charge in [-0.1, -0.05) is 20.3 Å². The summed E-state index contributed by atoms with van der Waals surface area (Å²) in [5.74, 6) is 1.06. The topological polar surface area (TPSA) is 20.3 Å². The molecule has 0 fully saturated rings. The van der Waals surface area contributed by atoms with Crippen LogP contribution in [0, 0.1) is 5.92 Å². The van der Waals surface area contributed by atoms with E-state index in [2.05, 4.69) is 26.5 Å². The fourth-order valence-electron chi connectivity index (χ4n) is 1.01. The van der Waals surface area contributed by atoms with Crippen molar-refractivity contribution in [2.75, 3.05) is 18.8 Å². The lowest BCUT2D eigenvalue weighted by Crippen LogP contribution is -2.35. The van der Waals surface area contributed by atoms with Crippen LogP contribution in [0.25, 0.3) is 0 Å². The number of hydrogen-bond donors (Lipinski definition) is 1. The van der Waals surface area contributed by atoms with E-state index in [1.165, 1.54) is 0 Å². The summed E-state index contributed by atoms with van der Waals surface area (Å²) in [6.07, 6.45) is 1.12. The highest BCUT2D eigenvalue weighted by atomic mass is 32.1. The van der Waals surface area contributed by atoms with E-state index >= 15 is 0 Å². The molecule has 0 aromatic rings. The summed E-state index contributed by atoms with van der Waals surface area (Å²) in [5, 5.41) is 0. The van der Waals surface area contributed by atoms with Crippen LogP contribution >= 0.6 is 12.6 Å². The summed E-state index contributed by atoms with van der Waals surface area (Å²) in [6.45, 7) is 7.97. The van der Waals surface area contributed by atoms with E-state index in [-0.39, 0.29) is 5.91 Å². The van der Waals surface area contributed by atoms with Gasteiger partial charge in [0.1, 0.15) is 0 Å². The van der Waals surface area contributed by atoms with Gasteiger partial charge in [0.2, 0.25) is 5.91 Å². The van der Waals surface area contributed by atoms with E-state index in [1.807, 2.05) is 11.8 Å². The minimum Gasteiger partial charge on any atom is -0.342 e. The molecule has 0 aromatic heterocycles. The third-order valence-corrected chi connectivity index (χ3v) is 2.37. The van der Waals surface area contributed by atoms with E-state index in [9.17, 15) is 4.79 Å². The number of rotatable bonds is 5. The van der Waals surface area contributed by atoms with Gasteiger partial charge >= 0.3 is 0 Å². The van der Waals surface area contributed by atoms with Crippen LogP contribution in [0.15, 0.2) is 0 Å². The Kier molecular flexibility index (Phi) is 6.25. The van der Waals surface area contributed by atoms with Crippen molar-refractivity contribution in [2.24, 2.45) is 5.92 Å². The average Bonchev–Trinajstić information content (AvgIpc) is 2.12. The largest absolute Gasteiger partial charge is 0.342 e. The third kappa shape index (κ3) is 4.00. The van der Waals surface area contributed by atoms with Gasteiger partial charge in [-0.3, -0.25) is 4.79 Å². The van der Waals surface area contributed by atoms with Crippen molar-refractivity contribution >= 4 is 18.5 Å². The summed E-state index contributed by atoms with van der Waals surface area (Å²) in [7, 11) is 0. The van der Waals surface area contributed by atoms with E-state index < -0.39 is 0 Å². The maximum Gasteiger partial charge on any atom is 0.232 e. The van der Waals surface area contributed by atoms with Gasteiger partial charge in [-0.05, 0) is 12.8 Å². The van der Waals surface area contributed by atoms with Crippen LogP contribution in [-0.4, -0.2) is 29.6 Å². The number of thiol groups is 1. The molecule has 1 unspecified atom stereocenters. The second-order valence-corrected chi connectivity index (χ2v) is 3.42. The summed E-state index contributed by atoms with van der Waals surface area (Å²) < 4.78 is 0. The van der Waals surface area contributed by atoms with Crippen molar-refractivity contribution in [1.82, 2.24) is 4.90 Å². The molecule has 1 amide bonds. The second-order valence-electron chi connectivity index (χ2n) is 3.10. The van der Waals surface area contributed by atoms with Gasteiger partial charge in [0.05, 0.1) is 5.75 Å². The Morgan fingerprint density at radius 1 is 1.50 bits per heavy atom. The van der Waals surface area contributed by atoms with Crippen molar-refractivity contribution in [2.45, 2.75) is 27.2 Å². The lowest BCUT2D eigenvalue weighted by Gasteiger charge is -2.23. The highest BCUT2D eigenvalue weighted by Crippen LogP contribution is 2.04. The normalized spacial score (nSPS) is 12.7. The number of hydrogen-bond acceptors (Lipinski definition) is 2. The third-order valence-electron chi connectivity index (χ3n) is 2.10. The Hall–Kier alpha value is -0.180. The van der Waals surface area contributed by atoms with Crippen LogP contribution in [-0.2, 0) is 4.79 Å². The molecule has 0 saturated carbocycles. The molecule has 0 bridgehead atoms. The Morgan fingerprint density at radius 2 is 2.08 bits per heavy atom. The van der Waals surface area contributed by atoms with Crippen molar-refractivity contribution in [3.63, 3.8) is 0 Å². The first-order valence-electron chi connectivity index (χ1n) is 4.54. The maximum absolute atomic E-state index is 11.2. The highest BCUT2D eigenvalue weighted by molar-refractivity contribution is 7.81. The van der Waals surface area contributed by atoms with Crippen LogP contribution in [0.2, 0.25) is 0 Å². The number of carbonyl (C=O) groups excluding carboxylic acids is 1. The molecule has 72 valence electrons. The molecule has 0 N–H and O–H groups in total. The summed E-state index contributed by atoms with van der Waals surface area (Å²) in [6, 6.07) is 0. The first-order valence-corrected chi connectivity index (χ1v) is 5.17. The first-order chi connectivity index (χ1) is 5.65. The number of amides is 1. The molecular weight excluding hydrogens is 170 g/mol. The average molecular weight is 189 g/mol. The molecule has 0 radical (unpaired) electrons. The molecule has 1 atom stereocenters. The summed E-state index contributed by atoms with van der Waals surface area (Å²) in [5.41, 5.74) is 0. The quantitative estimate of drug-likeness (QED) is 0.654. The van der Waals surface area contributed by atoms with Gasteiger partial charge in [-0.25, -0.2) is 0 Å². The number of carbonyl (C=O) groups is 1. The smallest absolute Gasteiger partial charge is 0.232 e. The van der Waals surface area contributed by atoms with Crippen molar-refractivity contribution < 1.29 is 4.79 Å². The van der Waals surface area contributed by atoms with Crippen LogP contribution in [0.4, 0.5) is 0 Å². The van der Waals surface area contributed by atoms with Gasteiger partial charge in [0.15, 0.2) is 0 Å². The molecular formula is C9H19NOS. The number of nitrogens with zero attached hydrogens (tertiary/aromatic N) is 1. The van der Waals surface area contributed by atoms with E-state index in [0.717, 1.165) is 19.5 Å². The zero-order valence-electron chi connectivity index (χ0n) is 8.21. The highest BCUT2D eigenvalue weighted by Gasteiger charge is 2.11. The lowest BCUT2D eigenvalue weighted by atomic mass is 10.1. The minimum absolute atomic E-state index is 0.140. The first kappa shape index (κ1) is 11.8. The van der Waals surface area contributed by atoms with Gasteiger partial charge in [-0.2, -0.15) is 12.6 Å². The summed E-state index contributed by atoms with van der Waals surface area (Å²) >= 11 is 3.97. The van der Waals surface area contributed by atoms with Crippen molar-refractivity contribution in [3.8, 4) is 0 Å². The maximum atomic E-state index is 11.2. The van der Waals surface area contributed by atoms with E-state index in [1.54, 1.807) is 0 Å². The SMILES string of the molecule is CCC(C)CN(CC)C(=O)CS. The molecule has 0 aliphatic rings. The molecule has 0 heterocycles. The van der Waals surface area contributed by atoms with Crippen molar-refractivity contribution in [3.05, 3.63) is 0 Å². The fourth-order valence-corrected chi connectivity index (χ4v) is 1.21. The van der Waals surface area contributed by atoms with Crippen LogP contribution in [0.1, 0.15) is 27.2 Å². The molecule has 0 saturated heterocycles. The Balaban J connectivity index is 3.90. The Bertz CT molecular complexity index is 138. The molecule has 12 heavy (non-hydrogen) atoms. The molecule has 0 aliphatic carbocycles. The van der Waals surface area contributed by atoms with Crippen LogP contribution in [0.3, 0.4) is 0 Å². The monoisotopic (exact) mass is 189 g/mol. The van der Waals surface area contributed by atoms with E-state index in [4.69, 9.17) is 0 Å². The molecule has 0 rings (SSSR count). The second kappa shape index (κ2) is 6.35. The van der Waals surface area contributed by atoms with Gasteiger partial charge < -0.3 is 4.90 Å². The van der Waals surface area contributed by atoms with Crippen LogP contribution in [0.5, 0.6) is 0 Å². The molecule has 0 aromatic carbocycles. The molecule has 0 spiro atoms. The Labute approximate surface area is 80.7 Å². The van der Waals surface area contributed by atoms with Gasteiger partial charge in [0.25, 0.3) is 0 Å². The van der Waals surface area contributed by atoms with Gasteiger partial charge in [-0.15, -0.1) is 0 Å². The fraction of sp³-hybridized carbons (Fsp3) is 0.889.